The Morgan fingerprint density at radius 2 is 2.30 bits per heavy atom. The second-order valence-electron chi connectivity index (χ2n) is 5.31. The fourth-order valence-electron chi connectivity index (χ4n) is 2.57. The van der Waals surface area contributed by atoms with Crippen molar-refractivity contribution in [2.24, 2.45) is 0 Å². The van der Waals surface area contributed by atoms with E-state index in [1.54, 1.807) is 13.4 Å². The Labute approximate surface area is 139 Å². The van der Waals surface area contributed by atoms with Crippen LogP contribution < -0.4 is 5.32 Å². The molecule has 0 fully saturated rings. The minimum atomic E-state index is 0.210. The lowest BCUT2D eigenvalue weighted by molar-refractivity contribution is 0.195. The number of ether oxygens (including phenoxy) is 1. The van der Waals surface area contributed by atoms with Gasteiger partial charge in [-0.2, -0.15) is 4.98 Å². The lowest BCUT2D eigenvalue weighted by Gasteiger charge is -2.06. The fraction of sp³-hybridized carbons (Fsp3) is 0.375. The number of aromatic nitrogens is 3. The molecule has 0 saturated heterocycles. The molecule has 23 heavy (non-hydrogen) atoms. The van der Waals surface area contributed by atoms with E-state index in [1.165, 1.54) is 5.56 Å². The minimum Gasteiger partial charge on any atom is -0.467 e. The second kappa shape index (κ2) is 7.02. The number of nitrogens with zero attached hydrogens (tertiary/aromatic N) is 3. The molecule has 0 spiro atoms. The van der Waals surface area contributed by atoms with E-state index in [1.807, 2.05) is 23.6 Å². The Morgan fingerprint density at radius 3 is 3.04 bits per heavy atom. The molecule has 0 aliphatic rings. The van der Waals surface area contributed by atoms with Crippen molar-refractivity contribution in [1.82, 2.24) is 14.6 Å². The van der Waals surface area contributed by atoms with Crippen molar-refractivity contribution in [3.8, 4) is 0 Å². The van der Waals surface area contributed by atoms with Crippen molar-refractivity contribution < 1.29 is 9.15 Å². The fourth-order valence-corrected chi connectivity index (χ4v) is 2.73. The number of rotatable bonds is 7. The summed E-state index contributed by atoms with van der Waals surface area (Å²) in [6, 6.07) is 5.87. The molecule has 3 heterocycles. The van der Waals surface area contributed by atoms with E-state index in [0.29, 0.717) is 12.4 Å². The first-order valence-corrected chi connectivity index (χ1v) is 7.87. The highest BCUT2D eigenvalue weighted by Gasteiger charge is 2.13. The lowest BCUT2D eigenvalue weighted by Crippen LogP contribution is -2.06. The average molecular weight is 335 g/mol. The summed E-state index contributed by atoms with van der Waals surface area (Å²) >= 11 is 6.07. The van der Waals surface area contributed by atoms with Gasteiger partial charge in [0.05, 0.1) is 12.8 Å². The van der Waals surface area contributed by atoms with E-state index < -0.39 is 0 Å². The van der Waals surface area contributed by atoms with Gasteiger partial charge in [-0.1, -0.05) is 0 Å². The molecular weight excluding hydrogens is 316 g/mol. The summed E-state index contributed by atoms with van der Waals surface area (Å²) in [5.41, 5.74) is 3.20. The van der Waals surface area contributed by atoms with Crippen molar-refractivity contribution in [1.29, 1.82) is 0 Å². The zero-order valence-electron chi connectivity index (χ0n) is 13.2. The van der Waals surface area contributed by atoms with Crippen LogP contribution in [-0.4, -0.2) is 28.3 Å². The van der Waals surface area contributed by atoms with Crippen LogP contribution in [0.1, 0.15) is 23.4 Å². The number of fused-ring (bicyclic) bond motifs is 1. The molecule has 0 saturated carbocycles. The van der Waals surface area contributed by atoms with Crippen LogP contribution in [0.4, 0.5) is 5.82 Å². The Balaban J connectivity index is 1.89. The molecule has 0 aromatic carbocycles. The van der Waals surface area contributed by atoms with Crippen molar-refractivity contribution in [3.05, 3.63) is 46.8 Å². The van der Waals surface area contributed by atoms with Crippen LogP contribution in [0.25, 0.3) is 5.52 Å². The quantitative estimate of drug-likeness (QED) is 0.670. The number of hydrogen-bond donors (Lipinski definition) is 1. The van der Waals surface area contributed by atoms with Gasteiger partial charge in [-0.15, -0.1) is 5.10 Å². The number of methoxy groups -OCH3 is 1. The summed E-state index contributed by atoms with van der Waals surface area (Å²) in [4.78, 5) is 4.31. The molecule has 6 nitrogen and oxygen atoms in total. The van der Waals surface area contributed by atoms with Gasteiger partial charge in [-0.25, -0.2) is 4.52 Å². The zero-order chi connectivity index (χ0) is 16.2. The summed E-state index contributed by atoms with van der Waals surface area (Å²) < 4.78 is 12.3. The Kier molecular flexibility index (Phi) is 4.83. The highest BCUT2D eigenvalue weighted by Crippen LogP contribution is 2.24. The standard InChI is InChI=1S/C16H19ClN4O2/c1-11-12(5-3-7-22-2)9-14-15(19-16(17)20-21(11)14)18-10-13-6-4-8-23-13/h4,6,8-9H,3,5,7,10H2,1-2H3,(H,18,19,20). The van der Waals surface area contributed by atoms with Gasteiger partial charge in [0.15, 0.2) is 5.82 Å². The van der Waals surface area contributed by atoms with Crippen LogP contribution in [-0.2, 0) is 17.7 Å². The van der Waals surface area contributed by atoms with Gasteiger partial charge in [-0.05, 0) is 55.1 Å². The summed E-state index contributed by atoms with van der Waals surface area (Å²) in [6.07, 6.45) is 3.54. The Hall–Kier alpha value is -2.05. The van der Waals surface area contributed by atoms with Crippen LogP contribution in [0.2, 0.25) is 5.28 Å². The SMILES string of the molecule is COCCCc1cc2c(NCc3ccco3)nc(Cl)nn2c1C. The molecule has 3 aromatic heterocycles. The van der Waals surface area contributed by atoms with E-state index in [9.17, 15) is 0 Å². The smallest absolute Gasteiger partial charge is 0.243 e. The number of anilines is 1. The predicted molar refractivity (Wildman–Crippen MR) is 89.0 cm³/mol. The van der Waals surface area contributed by atoms with Gasteiger partial charge in [0.2, 0.25) is 5.28 Å². The van der Waals surface area contributed by atoms with E-state index in [0.717, 1.165) is 36.4 Å². The number of nitrogens with one attached hydrogen (secondary N) is 1. The van der Waals surface area contributed by atoms with Crippen molar-refractivity contribution in [2.45, 2.75) is 26.3 Å². The van der Waals surface area contributed by atoms with Crippen molar-refractivity contribution in [3.63, 3.8) is 0 Å². The van der Waals surface area contributed by atoms with Gasteiger partial charge in [0, 0.05) is 19.4 Å². The maximum Gasteiger partial charge on any atom is 0.243 e. The van der Waals surface area contributed by atoms with Crippen molar-refractivity contribution >= 4 is 22.9 Å². The third-order valence-electron chi connectivity index (χ3n) is 3.76. The van der Waals surface area contributed by atoms with Gasteiger partial charge in [-0.3, -0.25) is 0 Å². The van der Waals surface area contributed by atoms with Crippen molar-refractivity contribution in [2.75, 3.05) is 19.0 Å². The normalized spacial score (nSPS) is 11.3. The van der Waals surface area contributed by atoms with E-state index in [4.69, 9.17) is 20.8 Å². The van der Waals surface area contributed by atoms with E-state index in [2.05, 4.69) is 21.5 Å². The molecule has 0 unspecified atom stereocenters. The molecule has 0 bridgehead atoms. The van der Waals surface area contributed by atoms with Gasteiger partial charge in [0.25, 0.3) is 0 Å². The molecular formula is C16H19ClN4O2. The topological polar surface area (TPSA) is 64.6 Å². The number of aryl methyl sites for hydroxylation is 2. The lowest BCUT2D eigenvalue weighted by atomic mass is 10.1. The zero-order valence-corrected chi connectivity index (χ0v) is 13.9. The van der Waals surface area contributed by atoms with Crippen LogP contribution in [0, 0.1) is 6.92 Å². The minimum absolute atomic E-state index is 0.210. The molecule has 0 aliphatic carbocycles. The third kappa shape index (κ3) is 3.48. The Bertz CT molecular complexity index is 783. The van der Waals surface area contributed by atoms with E-state index >= 15 is 0 Å². The van der Waals surface area contributed by atoms with Crippen LogP contribution in [0.15, 0.2) is 28.9 Å². The Morgan fingerprint density at radius 1 is 1.43 bits per heavy atom. The highest BCUT2D eigenvalue weighted by molar-refractivity contribution is 6.28. The van der Waals surface area contributed by atoms with Crippen LogP contribution in [0.5, 0.6) is 0 Å². The first-order chi connectivity index (χ1) is 11.2. The first kappa shape index (κ1) is 15.8. The molecule has 1 N–H and O–H groups in total. The molecule has 0 atom stereocenters. The molecule has 3 rings (SSSR count). The molecule has 122 valence electrons. The maximum atomic E-state index is 6.07. The van der Waals surface area contributed by atoms with E-state index in [-0.39, 0.29) is 5.28 Å². The second-order valence-corrected chi connectivity index (χ2v) is 5.65. The third-order valence-corrected chi connectivity index (χ3v) is 3.92. The summed E-state index contributed by atoms with van der Waals surface area (Å²) in [6.45, 7) is 3.32. The van der Waals surface area contributed by atoms with Crippen LogP contribution >= 0.6 is 11.6 Å². The predicted octanol–water partition coefficient (Wildman–Crippen LogP) is 3.48. The monoisotopic (exact) mass is 334 g/mol. The largest absolute Gasteiger partial charge is 0.467 e. The summed E-state index contributed by atoms with van der Waals surface area (Å²) in [7, 11) is 1.71. The average Bonchev–Trinajstić information content (AvgIpc) is 3.15. The molecule has 0 amide bonds. The molecule has 7 heteroatoms. The van der Waals surface area contributed by atoms with Gasteiger partial charge in [0.1, 0.15) is 11.3 Å². The number of halogens is 1. The molecule has 0 aliphatic heterocycles. The number of furan rings is 1. The first-order valence-electron chi connectivity index (χ1n) is 7.49. The molecule has 0 radical (unpaired) electrons. The van der Waals surface area contributed by atoms with Gasteiger partial charge < -0.3 is 14.5 Å². The van der Waals surface area contributed by atoms with Gasteiger partial charge >= 0.3 is 0 Å². The molecule has 3 aromatic rings. The van der Waals surface area contributed by atoms with Crippen LogP contribution in [0.3, 0.4) is 0 Å². The number of hydrogen-bond acceptors (Lipinski definition) is 5. The maximum absolute atomic E-state index is 6.07. The highest BCUT2D eigenvalue weighted by atomic mass is 35.5. The summed E-state index contributed by atoms with van der Waals surface area (Å²) in [5, 5.41) is 7.78. The summed E-state index contributed by atoms with van der Waals surface area (Å²) in [5.74, 6) is 1.53.